The van der Waals surface area contributed by atoms with Crippen LogP contribution < -0.4 is 14.8 Å². The molecule has 3 heterocycles. The maximum atomic E-state index is 13.6. The van der Waals surface area contributed by atoms with Crippen molar-refractivity contribution in [2.75, 3.05) is 19.0 Å². The van der Waals surface area contributed by atoms with Gasteiger partial charge in [0.1, 0.15) is 12.4 Å². The highest BCUT2D eigenvalue weighted by Gasteiger charge is 2.73. The molecule has 6 rings (SSSR count). The van der Waals surface area contributed by atoms with Crippen LogP contribution in [0, 0.1) is 15.9 Å². The van der Waals surface area contributed by atoms with Gasteiger partial charge in [0, 0.05) is 28.8 Å². The quantitative estimate of drug-likeness (QED) is 0.394. The Morgan fingerprint density at radius 3 is 2.76 bits per heavy atom. The van der Waals surface area contributed by atoms with Crippen molar-refractivity contribution in [3.8, 4) is 11.5 Å². The Balaban J connectivity index is 1.40. The van der Waals surface area contributed by atoms with E-state index in [2.05, 4.69) is 5.32 Å². The molecule has 3 aliphatic rings. The van der Waals surface area contributed by atoms with Crippen molar-refractivity contribution in [3.05, 3.63) is 99.4 Å². The molecule has 0 aliphatic carbocycles. The van der Waals surface area contributed by atoms with Gasteiger partial charge in [-0.3, -0.25) is 19.8 Å². The van der Waals surface area contributed by atoms with Crippen LogP contribution in [0.15, 0.2) is 66.7 Å². The lowest BCUT2D eigenvalue weighted by molar-refractivity contribution is -0.534. The molecule has 0 radical (unpaired) electrons. The molecule has 2 saturated heterocycles. The van der Waals surface area contributed by atoms with Crippen molar-refractivity contribution in [1.82, 2.24) is 4.90 Å². The third-order valence-corrected chi connectivity index (χ3v) is 7.95. The topological polar surface area (TPSA) is 93.9 Å². The SMILES string of the molecule is COc1cc([C@@H]2[C@@H]3CCCN3[C@]3(C(=O)Nc4ccccc43)[C@@H]2[N+](=O)[O-])ccc1OCc1cccc(F)c1. The lowest BCUT2D eigenvalue weighted by Gasteiger charge is -2.32. The number of carbonyl (C=O) groups is 1. The number of carbonyl (C=O) groups excluding carboxylic acids is 1. The summed E-state index contributed by atoms with van der Waals surface area (Å²) in [6.07, 6.45) is 1.61. The number of nitro groups is 1. The molecule has 4 atom stereocenters. The van der Waals surface area contributed by atoms with Gasteiger partial charge in [0.25, 0.3) is 11.9 Å². The monoisotopic (exact) mass is 503 g/mol. The zero-order chi connectivity index (χ0) is 25.7. The summed E-state index contributed by atoms with van der Waals surface area (Å²) in [5.74, 6) is -0.332. The van der Waals surface area contributed by atoms with Crippen LogP contribution in [-0.2, 0) is 16.9 Å². The molecular weight excluding hydrogens is 477 g/mol. The van der Waals surface area contributed by atoms with E-state index in [0.29, 0.717) is 34.9 Å². The van der Waals surface area contributed by atoms with Crippen molar-refractivity contribution in [2.24, 2.45) is 0 Å². The molecule has 0 unspecified atom stereocenters. The zero-order valence-electron chi connectivity index (χ0n) is 20.2. The maximum absolute atomic E-state index is 13.6. The highest BCUT2D eigenvalue weighted by Crippen LogP contribution is 2.58. The molecule has 1 N–H and O–H groups in total. The summed E-state index contributed by atoms with van der Waals surface area (Å²) < 4.78 is 25.1. The van der Waals surface area contributed by atoms with Gasteiger partial charge in [0.05, 0.1) is 13.0 Å². The van der Waals surface area contributed by atoms with E-state index >= 15 is 0 Å². The van der Waals surface area contributed by atoms with Crippen LogP contribution in [0.5, 0.6) is 11.5 Å². The molecule has 1 spiro atoms. The van der Waals surface area contributed by atoms with Crippen LogP contribution >= 0.6 is 0 Å². The molecular formula is C28H26FN3O5. The Labute approximate surface area is 213 Å². The summed E-state index contributed by atoms with van der Waals surface area (Å²) in [4.78, 5) is 28.1. The van der Waals surface area contributed by atoms with Gasteiger partial charge in [-0.1, -0.05) is 36.4 Å². The van der Waals surface area contributed by atoms with Gasteiger partial charge in [-0.25, -0.2) is 4.39 Å². The summed E-state index contributed by atoms with van der Waals surface area (Å²) in [6.45, 7) is 0.754. The number of ether oxygens (including phenoxy) is 2. The lowest BCUT2D eigenvalue weighted by atomic mass is 9.77. The molecule has 37 heavy (non-hydrogen) atoms. The molecule has 3 aromatic rings. The predicted molar refractivity (Wildman–Crippen MR) is 134 cm³/mol. The smallest absolute Gasteiger partial charge is 0.256 e. The number of nitrogens with one attached hydrogen (secondary N) is 1. The number of anilines is 1. The lowest BCUT2D eigenvalue weighted by Crippen LogP contribution is -2.55. The third-order valence-electron chi connectivity index (χ3n) is 7.95. The Hall–Kier alpha value is -3.98. The number of para-hydroxylation sites is 1. The fourth-order valence-corrected chi connectivity index (χ4v) is 6.57. The Kier molecular flexibility index (Phi) is 5.60. The van der Waals surface area contributed by atoms with Crippen molar-refractivity contribution in [1.29, 1.82) is 0 Å². The number of rotatable bonds is 6. The second-order valence-corrected chi connectivity index (χ2v) is 9.75. The van der Waals surface area contributed by atoms with Crippen molar-refractivity contribution in [3.63, 3.8) is 0 Å². The number of hydrogen-bond acceptors (Lipinski definition) is 6. The molecule has 3 aliphatic heterocycles. The first-order valence-electron chi connectivity index (χ1n) is 12.3. The second-order valence-electron chi connectivity index (χ2n) is 9.75. The number of hydrogen-bond donors (Lipinski definition) is 1. The standard InChI is InChI=1S/C28H26FN3O5/c1-36-24-15-18(11-12-23(24)37-16-17-6-4-7-19(29)14-17)25-22-10-5-13-31(22)28(26(25)32(34)35)20-8-2-3-9-21(20)30-27(28)33/h2-4,6-9,11-12,14-15,22,25-26H,5,10,13,16H2,1H3,(H,30,33)/t22-,25+,26+,28-/m0/s1. The highest BCUT2D eigenvalue weighted by molar-refractivity contribution is 6.07. The van der Waals surface area contributed by atoms with Crippen LogP contribution in [0.1, 0.15) is 35.4 Å². The minimum Gasteiger partial charge on any atom is -0.493 e. The van der Waals surface area contributed by atoms with Gasteiger partial charge < -0.3 is 14.8 Å². The van der Waals surface area contributed by atoms with Crippen LogP contribution in [0.4, 0.5) is 10.1 Å². The van der Waals surface area contributed by atoms with Crippen LogP contribution in [0.25, 0.3) is 0 Å². The van der Waals surface area contributed by atoms with Crippen LogP contribution in [0.3, 0.4) is 0 Å². The summed E-state index contributed by atoms with van der Waals surface area (Å²) in [6, 6.07) is 17.4. The maximum Gasteiger partial charge on any atom is 0.256 e. The number of fused-ring (bicyclic) bond motifs is 4. The van der Waals surface area contributed by atoms with E-state index in [-0.39, 0.29) is 29.3 Å². The van der Waals surface area contributed by atoms with E-state index < -0.39 is 17.5 Å². The molecule has 9 heteroatoms. The largest absolute Gasteiger partial charge is 0.493 e. The van der Waals surface area contributed by atoms with Crippen molar-refractivity contribution in [2.45, 2.75) is 43.0 Å². The fraction of sp³-hybridized carbons (Fsp3) is 0.321. The fourth-order valence-electron chi connectivity index (χ4n) is 6.57. The van der Waals surface area contributed by atoms with Gasteiger partial charge in [-0.2, -0.15) is 0 Å². The van der Waals surface area contributed by atoms with E-state index in [0.717, 1.165) is 18.4 Å². The summed E-state index contributed by atoms with van der Waals surface area (Å²) in [5.41, 5.74) is 1.32. The number of amides is 1. The van der Waals surface area contributed by atoms with Crippen LogP contribution in [-0.4, -0.2) is 41.5 Å². The summed E-state index contributed by atoms with van der Waals surface area (Å²) in [5, 5.41) is 15.7. The third kappa shape index (κ3) is 3.48. The Morgan fingerprint density at radius 1 is 1.14 bits per heavy atom. The highest BCUT2D eigenvalue weighted by atomic mass is 19.1. The van der Waals surface area contributed by atoms with Crippen molar-refractivity contribution < 1.29 is 23.6 Å². The number of halogens is 1. The second kappa shape index (κ2) is 8.85. The summed E-state index contributed by atoms with van der Waals surface area (Å²) >= 11 is 0. The first-order chi connectivity index (χ1) is 17.9. The number of methoxy groups -OCH3 is 1. The van der Waals surface area contributed by atoms with Crippen LogP contribution in [0.2, 0.25) is 0 Å². The molecule has 3 aromatic carbocycles. The molecule has 190 valence electrons. The first kappa shape index (κ1) is 23.4. The predicted octanol–water partition coefficient (Wildman–Crippen LogP) is 4.47. The van der Waals surface area contributed by atoms with Gasteiger partial charge in [-0.15, -0.1) is 0 Å². The summed E-state index contributed by atoms with van der Waals surface area (Å²) in [7, 11) is 1.51. The molecule has 0 saturated carbocycles. The average molecular weight is 504 g/mol. The molecule has 1 amide bonds. The normalized spacial score (nSPS) is 26.1. The molecule has 0 bridgehead atoms. The molecule has 8 nitrogen and oxygen atoms in total. The van der Waals surface area contributed by atoms with E-state index in [4.69, 9.17) is 9.47 Å². The zero-order valence-corrected chi connectivity index (χ0v) is 20.2. The van der Waals surface area contributed by atoms with Crippen molar-refractivity contribution >= 4 is 11.6 Å². The van der Waals surface area contributed by atoms with Gasteiger partial charge in [0.15, 0.2) is 17.0 Å². The average Bonchev–Trinajstić information content (AvgIpc) is 3.56. The van der Waals surface area contributed by atoms with E-state index in [1.165, 1.54) is 19.2 Å². The number of benzene rings is 3. The van der Waals surface area contributed by atoms with E-state index in [1.807, 2.05) is 29.2 Å². The van der Waals surface area contributed by atoms with E-state index in [1.54, 1.807) is 30.3 Å². The van der Waals surface area contributed by atoms with Gasteiger partial charge >= 0.3 is 0 Å². The minimum absolute atomic E-state index is 0.144. The molecule has 0 aromatic heterocycles. The number of nitrogens with zero attached hydrogens (tertiary/aromatic N) is 2. The minimum atomic E-state index is -1.37. The van der Waals surface area contributed by atoms with Gasteiger partial charge in [-0.05, 0) is 54.3 Å². The molecule has 2 fully saturated rings. The Bertz CT molecular complexity index is 1400. The Morgan fingerprint density at radius 2 is 1.97 bits per heavy atom. The van der Waals surface area contributed by atoms with E-state index in [9.17, 15) is 19.3 Å². The first-order valence-corrected chi connectivity index (χ1v) is 12.3. The van der Waals surface area contributed by atoms with Gasteiger partial charge in [0.2, 0.25) is 0 Å².